The number of amides is 1. The molecule has 0 heterocycles. The number of hydrogen-bond donors (Lipinski definition) is 1. The summed E-state index contributed by atoms with van der Waals surface area (Å²) in [7, 11) is 1.18. The number of hydrogen-bond acceptors (Lipinski definition) is 7. The fourth-order valence-corrected chi connectivity index (χ4v) is 11.2. The Bertz CT molecular complexity index is 1890. The molecule has 0 aliphatic heterocycles. The van der Waals surface area contributed by atoms with Crippen LogP contribution in [0, 0.1) is 0 Å². The summed E-state index contributed by atoms with van der Waals surface area (Å²) in [5.74, 6) is -0.543. The van der Waals surface area contributed by atoms with Gasteiger partial charge in [-0.1, -0.05) is 310 Å². The molecule has 3 atom stereocenters. The third-order valence-corrected chi connectivity index (χ3v) is 17.2. The largest absolute Gasteiger partial charge is 0.756 e. The van der Waals surface area contributed by atoms with Gasteiger partial charge in [0.25, 0.3) is 7.82 Å². The van der Waals surface area contributed by atoms with E-state index in [0.29, 0.717) is 17.4 Å². The number of ether oxygens (including phenoxy) is 1. The van der Waals surface area contributed by atoms with E-state index >= 15 is 0 Å². The molecule has 514 valence electrons. The highest BCUT2D eigenvalue weighted by atomic mass is 31.2. The molecule has 0 spiro atoms. The van der Waals surface area contributed by atoms with Crippen LogP contribution in [0.4, 0.5) is 0 Å². The normalized spacial score (nSPS) is 14.1. The number of likely N-dealkylation sites (N-methyl/N-ethyl adjacent to an activating group) is 1. The van der Waals surface area contributed by atoms with Crippen LogP contribution in [-0.4, -0.2) is 69.4 Å². The highest BCUT2D eigenvalue weighted by Gasteiger charge is 2.27. The van der Waals surface area contributed by atoms with E-state index in [4.69, 9.17) is 13.8 Å². The van der Waals surface area contributed by atoms with Crippen LogP contribution in [-0.2, 0) is 27.9 Å². The lowest BCUT2D eigenvalue weighted by molar-refractivity contribution is -0.870. The molecule has 1 amide bonds. The summed E-state index contributed by atoms with van der Waals surface area (Å²) in [5, 5.41) is 3.04. The number of unbranched alkanes of at least 4 members (excludes halogenated alkanes) is 35. The Labute approximate surface area is 551 Å². The molecule has 0 rings (SSSR count). The molecular formula is C79H141N2O7P. The monoisotopic (exact) mass is 1260 g/mol. The molecule has 0 aromatic rings. The zero-order valence-electron chi connectivity index (χ0n) is 58.9. The molecule has 0 saturated carbocycles. The summed E-state index contributed by atoms with van der Waals surface area (Å²) in [6, 6.07) is -0.898. The van der Waals surface area contributed by atoms with Crippen molar-refractivity contribution in [3.63, 3.8) is 0 Å². The molecule has 0 aromatic carbocycles. The standard InChI is InChI=1S/C79H141N2O7P/c1-7-10-13-16-19-22-25-27-29-31-33-35-37-39-40-42-43-45-47-49-51-53-56-59-62-65-68-71-78(82)80-76(75-87-89(84,85)86-74-73-81(4,5)6)77(70-67-64-61-58-55-24-21-18-15-12-9-3)88-79(83)72-69-66-63-60-57-54-52-50-48-46-44-41-38-36-34-32-30-28-26-23-20-17-14-11-8-2/h10,13,19-20,22-23,27-30,33-36,39-40,67,70,76-77H,7-9,11-12,14-18,21,24-26,31-32,37-38,41-66,68-69,71-75H2,1-6H3,(H-,80,82,84,85)/b13-10-,22-19-,23-20-,29-27-,30-28-,35-33-,36-34-,40-39-,70-67+. The Morgan fingerprint density at radius 2 is 0.719 bits per heavy atom. The number of phosphoric ester groups is 1. The van der Waals surface area contributed by atoms with Crippen LogP contribution in [0.25, 0.3) is 0 Å². The Morgan fingerprint density at radius 3 is 1.10 bits per heavy atom. The number of quaternary nitrogens is 1. The predicted octanol–water partition coefficient (Wildman–Crippen LogP) is 23.4. The molecule has 1 N–H and O–H groups in total. The lowest BCUT2D eigenvalue weighted by atomic mass is 10.0. The first-order valence-electron chi connectivity index (χ1n) is 37.2. The van der Waals surface area contributed by atoms with Crippen LogP contribution in [0.2, 0.25) is 0 Å². The predicted molar refractivity (Wildman–Crippen MR) is 385 cm³/mol. The van der Waals surface area contributed by atoms with Gasteiger partial charge in [0.05, 0.1) is 33.8 Å². The maximum absolute atomic E-state index is 13.6. The smallest absolute Gasteiger partial charge is 0.306 e. The lowest BCUT2D eigenvalue weighted by Crippen LogP contribution is -2.47. The summed E-state index contributed by atoms with van der Waals surface area (Å²) in [4.78, 5) is 40.2. The first-order chi connectivity index (χ1) is 43.4. The van der Waals surface area contributed by atoms with Crippen molar-refractivity contribution in [2.24, 2.45) is 0 Å². The zero-order valence-corrected chi connectivity index (χ0v) is 59.8. The number of rotatable bonds is 67. The van der Waals surface area contributed by atoms with Gasteiger partial charge in [0.2, 0.25) is 5.91 Å². The van der Waals surface area contributed by atoms with E-state index in [1.165, 1.54) is 180 Å². The van der Waals surface area contributed by atoms with E-state index in [-0.39, 0.29) is 24.9 Å². The highest BCUT2D eigenvalue weighted by Crippen LogP contribution is 2.38. The van der Waals surface area contributed by atoms with Crippen LogP contribution in [0.5, 0.6) is 0 Å². The molecule has 0 radical (unpaired) electrons. The second kappa shape index (κ2) is 67.6. The van der Waals surface area contributed by atoms with Crippen molar-refractivity contribution < 1.29 is 37.3 Å². The van der Waals surface area contributed by atoms with Crippen LogP contribution in [0.15, 0.2) is 109 Å². The third-order valence-electron chi connectivity index (χ3n) is 16.2. The van der Waals surface area contributed by atoms with E-state index < -0.39 is 26.6 Å². The van der Waals surface area contributed by atoms with E-state index in [1.54, 1.807) is 0 Å². The minimum Gasteiger partial charge on any atom is -0.756 e. The number of phosphoric acid groups is 1. The van der Waals surface area contributed by atoms with Crippen molar-refractivity contribution >= 4 is 19.7 Å². The molecule has 10 heteroatoms. The molecular weight excluding hydrogens is 1120 g/mol. The minimum absolute atomic E-state index is 0.0269. The maximum atomic E-state index is 13.6. The number of nitrogens with zero attached hydrogens (tertiary/aromatic N) is 1. The average Bonchev–Trinajstić information content (AvgIpc) is 3.70. The van der Waals surface area contributed by atoms with E-state index in [0.717, 1.165) is 116 Å². The number of carbonyl (C=O) groups is 2. The van der Waals surface area contributed by atoms with Crippen molar-refractivity contribution in [1.82, 2.24) is 5.32 Å². The Morgan fingerprint density at radius 1 is 0.404 bits per heavy atom. The molecule has 0 bridgehead atoms. The average molecular weight is 1260 g/mol. The summed E-state index contributed by atoms with van der Waals surface area (Å²) in [5.41, 5.74) is 0. The van der Waals surface area contributed by atoms with Gasteiger partial charge in [0.1, 0.15) is 19.3 Å². The van der Waals surface area contributed by atoms with Gasteiger partial charge in [0.15, 0.2) is 0 Å². The fourth-order valence-electron chi connectivity index (χ4n) is 10.5. The molecule has 0 aliphatic carbocycles. The van der Waals surface area contributed by atoms with Gasteiger partial charge in [-0.2, -0.15) is 0 Å². The third kappa shape index (κ3) is 68.9. The second-order valence-electron chi connectivity index (χ2n) is 26.1. The van der Waals surface area contributed by atoms with E-state index in [9.17, 15) is 19.0 Å². The summed E-state index contributed by atoms with van der Waals surface area (Å²) >= 11 is 0. The number of carbonyl (C=O) groups excluding carboxylic acids is 2. The fraction of sp³-hybridized carbons (Fsp3) is 0.747. The molecule has 3 unspecified atom stereocenters. The van der Waals surface area contributed by atoms with Gasteiger partial charge in [0, 0.05) is 12.8 Å². The maximum Gasteiger partial charge on any atom is 0.306 e. The van der Waals surface area contributed by atoms with Gasteiger partial charge in [-0.3, -0.25) is 14.2 Å². The first kappa shape index (κ1) is 85.7. The van der Waals surface area contributed by atoms with Gasteiger partial charge in [-0.05, 0) is 115 Å². The van der Waals surface area contributed by atoms with Crippen molar-refractivity contribution in [2.45, 2.75) is 341 Å². The van der Waals surface area contributed by atoms with Crippen molar-refractivity contribution in [3.8, 4) is 0 Å². The van der Waals surface area contributed by atoms with Crippen LogP contribution < -0.4 is 10.2 Å². The number of esters is 1. The van der Waals surface area contributed by atoms with Crippen molar-refractivity contribution in [3.05, 3.63) is 109 Å². The van der Waals surface area contributed by atoms with Crippen LogP contribution >= 0.6 is 7.82 Å². The quantitative estimate of drug-likeness (QED) is 0.0212. The Hall–Kier alpha value is -3.33. The molecule has 0 fully saturated rings. The first-order valence-corrected chi connectivity index (χ1v) is 38.7. The molecule has 0 saturated heterocycles. The second-order valence-corrected chi connectivity index (χ2v) is 27.5. The molecule has 0 aromatic heterocycles. The molecule has 89 heavy (non-hydrogen) atoms. The van der Waals surface area contributed by atoms with Gasteiger partial charge < -0.3 is 28.5 Å². The topological polar surface area (TPSA) is 114 Å². The molecule has 0 aliphatic rings. The molecule has 9 nitrogen and oxygen atoms in total. The van der Waals surface area contributed by atoms with Crippen molar-refractivity contribution in [2.75, 3.05) is 40.9 Å². The number of allylic oxidation sites excluding steroid dienone is 17. The Kier molecular flexibility index (Phi) is 65.0. The number of nitrogens with one attached hydrogen (secondary N) is 1. The SMILES string of the molecule is CC/C=C\C/C=C\C/C=C\C/C=C\C/C=C\CCCCCCCCCCCCCC(=O)NC(COP(=O)([O-])OCC[N+](C)(C)C)C(/C=C/CCCCCCCCCCC)OC(=O)CCCCCCCCCCCCCC/C=C\C/C=C\C/C=C\CCCCC. The van der Waals surface area contributed by atoms with E-state index in [2.05, 4.69) is 123 Å². The summed E-state index contributed by atoms with van der Waals surface area (Å²) in [6.45, 7) is 6.72. The van der Waals surface area contributed by atoms with Gasteiger partial charge in [-0.15, -0.1) is 0 Å². The van der Waals surface area contributed by atoms with Gasteiger partial charge >= 0.3 is 5.97 Å². The Balaban J connectivity index is 4.97. The minimum atomic E-state index is -4.71. The van der Waals surface area contributed by atoms with E-state index in [1.807, 2.05) is 33.3 Å². The van der Waals surface area contributed by atoms with Crippen LogP contribution in [0.3, 0.4) is 0 Å². The highest BCUT2D eigenvalue weighted by molar-refractivity contribution is 7.45. The van der Waals surface area contributed by atoms with Crippen LogP contribution in [0.1, 0.15) is 329 Å². The summed E-state index contributed by atoms with van der Waals surface area (Å²) in [6.07, 6.45) is 93.6. The zero-order chi connectivity index (χ0) is 64.9. The van der Waals surface area contributed by atoms with Crippen molar-refractivity contribution in [1.29, 1.82) is 0 Å². The summed E-state index contributed by atoms with van der Waals surface area (Å²) < 4.78 is 30.5. The van der Waals surface area contributed by atoms with Gasteiger partial charge in [-0.25, -0.2) is 0 Å². The lowest BCUT2D eigenvalue weighted by Gasteiger charge is -2.30.